The second-order valence-corrected chi connectivity index (χ2v) is 5.00. The van der Waals surface area contributed by atoms with Crippen molar-refractivity contribution in [1.29, 1.82) is 0 Å². The number of halogens is 1. The predicted octanol–water partition coefficient (Wildman–Crippen LogP) is 3.89. The van der Waals surface area contributed by atoms with E-state index in [1.807, 2.05) is 19.1 Å². The number of amides is 1. The van der Waals surface area contributed by atoms with Crippen LogP contribution >= 0.6 is 23.8 Å². The summed E-state index contributed by atoms with van der Waals surface area (Å²) in [6.45, 7) is 1.91. The number of benzene rings is 1. The van der Waals surface area contributed by atoms with Crippen LogP contribution in [0.15, 0.2) is 42.6 Å². The SMILES string of the molecule is C[C@H](NC(=O)c1ccc[nH]c1=S)c1ccc(Cl)cc1. The van der Waals surface area contributed by atoms with Gasteiger partial charge < -0.3 is 10.3 Å². The van der Waals surface area contributed by atoms with E-state index in [1.54, 1.807) is 30.5 Å². The summed E-state index contributed by atoms with van der Waals surface area (Å²) in [7, 11) is 0. The Hall–Kier alpha value is -1.65. The lowest BCUT2D eigenvalue weighted by Crippen LogP contribution is -2.27. The molecule has 2 N–H and O–H groups in total. The molecule has 3 nitrogen and oxygen atoms in total. The number of carbonyl (C=O) groups is 1. The summed E-state index contributed by atoms with van der Waals surface area (Å²) in [4.78, 5) is 14.9. The molecule has 1 amide bonds. The Morgan fingerprint density at radius 2 is 2.00 bits per heavy atom. The summed E-state index contributed by atoms with van der Waals surface area (Å²) < 4.78 is 0.434. The number of aromatic amines is 1. The van der Waals surface area contributed by atoms with Gasteiger partial charge in [-0.05, 0) is 36.8 Å². The number of pyridine rings is 1. The van der Waals surface area contributed by atoms with E-state index in [0.29, 0.717) is 15.2 Å². The summed E-state index contributed by atoms with van der Waals surface area (Å²) in [5.74, 6) is -0.190. The van der Waals surface area contributed by atoms with Crippen molar-refractivity contribution < 1.29 is 4.79 Å². The number of aromatic nitrogens is 1. The van der Waals surface area contributed by atoms with Gasteiger partial charge in [0.25, 0.3) is 5.91 Å². The first-order valence-electron chi connectivity index (χ1n) is 5.82. The maximum Gasteiger partial charge on any atom is 0.254 e. The van der Waals surface area contributed by atoms with Crippen molar-refractivity contribution in [3.63, 3.8) is 0 Å². The molecule has 0 unspecified atom stereocenters. The third kappa shape index (κ3) is 3.43. The summed E-state index contributed by atoms with van der Waals surface area (Å²) in [5.41, 5.74) is 1.46. The van der Waals surface area contributed by atoms with Crippen molar-refractivity contribution >= 4 is 29.7 Å². The lowest BCUT2D eigenvalue weighted by Gasteiger charge is -2.14. The maximum atomic E-state index is 12.1. The molecule has 0 radical (unpaired) electrons. The molecule has 0 saturated carbocycles. The zero-order valence-electron chi connectivity index (χ0n) is 10.3. The minimum absolute atomic E-state index is 0.112. The number of carbonyl (C=O) groups excluding carboxylic acids is 1. The quantitative estimate of drug-likeness (QED) is 0.843. The molecule has 19 heavy (non-hydrogen) atoms. The average Bonchev–Trinajstić information content (AvgIpc) is 2.39. The van der Waals surface area contributed by atoms with Gasteiger partial charge in [0.2, 0.25) is 0 Å². The number of H-pyrrole nitrogens is 1. The van der Waals surface area contributed by atoms with Gasteiger partial charge in [-0.15, -0.1) is 0 Å². The zero-order valence-corrected chi connectivity index (χ0v) is 11.9. The van der Waals surface area contributed by atoms with E-state index in [2.05, 4.69) is 10.3 Å². The zero-order chi connectivity index (χ0) is 13.8. The molecule has 1 atom stereocenters. The maximum absolute atomic E-state index is 12.1. The van der Waals surface area contributed by atoms with Crippen LogP contribution in [0.4, 0.5) is 0 Å². The highest BCUT2D eigenvalue weighted by molar-refractivity contribution is 7.71. The van der Waals surface area contributed by atoms with Crippen molar-refractivity contribution in [2.75, 3.05) is 0 Å². The van der Waals surface area contributed by atoms with Crippen molar-refractivity contribution in [3.8, 4) is 0 Å². The molecule has 0 bridgehead atoms. The summed E-state index contributed by atoms with van der Waals surface area (Å²) >= 11 is 10.9. The van der Waals surface area contributed by atoms with E-state index in [1.165, 1.54) is 0 Å². The van der Waals surface area contributed by atoms with Gasteiger partial charge in [-0.3, -0.25) is 4.79 Å². The van der Waals surface area contributed by atoms with Crippen molar-refractivity contribution in [1.82, 2.24) is 10.3 Å². The van der Waals surface area contributed by atoms with Crippen LogP contribution < -0.4 is 5.32 Å². The minimum Gasteiger partial charge on any atom is -0.352 e. The topological polar surface area (TPSA) is 44.9 Å². The Bertz CT molecular complexity index is 636. The van der Waals surface area contributed by atoms with Crippen LogP contribution in [-0.2, 0) is 0 Å². The Kier molecular flexibility index (Phi) is 4.35. The second-order valence-electron chi connectivity index (χ2n) is 4.16. The van der Waals surface area contributed by atoms with E-state index in [-0.39, 0.29) is 11.9 Å². The monoisotopic (exact) mass is 292 g/mol. The predicted molar refractivity (Wildman–Crippen MR) is 79.0 cm³/mol. The van der Waals surface area contributed by atoms with Gasteiger partial charge >= 0.3 is 0 Å². The third-order valence-corrected chi connectivity index (χ3v) is 3.37. The van der Waals surface area contributed by atoms with Gasteiger partial charge in [0.05, 0.1) is 11.6 Å². The van der Waals surface area contributed by atoms with Crippen LogP contribution in [-0.4, -0.2) is 10.9 Å². The minimum atomic E-state index is -0.190. The highest BCUT2D eigenvalue weighted by Crippen LogP contribution is 2.16. The number of rotatable bonds is 3. The Morgan fingerprint density at radius 1 is 1.32 bits per heavy atom. The van der Waals surface area contributed by atoms with Crippen LogP contribution in [0, 0.1) is 4.64 Å². The first-order chi connectivity index (χ1) is 9.08. The summed E-state index contributed by atoms with van der Waals surface area (Å²) in [6, 6.07) is 10.7. The number of nitrogens with one attached hydrogen (secondary N) is 2. The van der Waals surface area contributed by atoms with Gasteiger partial charge in [0.1, 0.15) is 4.64 Å². The highest BCUT2D eigenvalue weighted by Gasteiger charge is 2.12. The highest BCUT2D eigenvalue weighted by atomic mass is 35.5. The van der Waals surface area contributed by atoms with Gasteiger partial charge in [-0.2, -0.15) is 0 Å². The summed E-state index contributed by atoms with van der Waals surface area (Å²) in [5, 5.41) is 3.58. The van der Waals surface area contributed by atoms with E-state index in [4.69, 9.17) is 23.8 Å². The van der Waals surface area contributed by atoms with Crippen LogP contribution in [0.3, 0.4) is 0 Å². The van der Waals surface area contributed by atoms with Crippen LogP contribution in [0.2, 0.25) is 5.02 Å². The fourth-order valence-electron chi connectivity index (χ4n) is 1.71. The smallest absolute Gasteiger partial charge is 0.254 e. The molecule has 0 aliphatic carbocycles. The average molecular weight is 293 g/mol. The largest absolute Gasteiger partial charge is 0.352 e. The summed E-state index contributed by atoms with van der Waals surface area (Å²) in [6.07, 6.45) is 1.70. The first-order valence-corrected chi connectivity index (χ1v) is 6.60. The lowest BCUT2D eigenvalue weighted by atomic mass is 10.1. The molecule has 1 heterocycles. The fraction of sp³-hybridized carbons (Fsp3) is 0.143. The van der Waals surface area contributed by atoms with Gasteiger partial charge in [0.15, 0.2) is 0 Å². The molecule has 5 heteroatoms. The van der Waals surface area contributed by atoms with Gasteiger partial charge in [-0.25, -0.2) is 0 Å². The molecule has 0 fully saturated rings. The van der Waals surface area contributed by atoms with Gasteiger partial charge in [-0.1, -0.05) is 36.0 Å². The Balaban J connectivity index is 2.13. The van der Waals surface area contributed by atoms with E-state index >= 15 is 0 Å². The fourth-order valence-corrected chi connectivity index (χ4v) is 2.06. The first kappa shape index (κ1) is 13.8. The van der Waals surface area contributed by atoms with E-state index in [0.717, 1.165) is 5.56 Å². The number of hydrogen-bond donors (Lipinski definition) is 2. The third-order valence-electron chi connectivity index (χ3n) is 2.78. The Morgan fingerprint density at radius 3 is 2.63 bits per heavy atom. The molecule has 98 valence electrons. The second kappa shape index (κ2) is 5.99. The molecule has 0 saturated heterocycles. The molecule has 0 aliphatic rings. The van der Waals surface area contributed by atoms with Crippen molar-refractivity contribution in [2.24, 2.45) is 0 Å². The Labute approximate surface area is 121 Å². The standard InChI is InChI=1S/C14H13ClN2OS/c1-9(10-4-6-11(15)7-5-10)17-13(18)12-3-2-8-16-14(12)19/h2-9H,1H3,(H,16,19)(H,17,18)/t9-/m0/s1. The van der Waals surface area contributed by atoms with Crippen LogP contribution in [0.1, 0.15) is 28.9 Å². The van der Waals surface area contributed by atoms with Crippen molar-refractivity contribution in [3.05, 3.63) is 63.4 Å². The van der Waals surface area contributed by atoms with Gasteiger partial charge in [0, 0.05) is 11.2 Å². The lowest BCUT2D eigenvalue weighted by molar-refractivity contribution is 0.0939. The van der Waals surface area contributed by atoms with Crippen LogP contribution in [0.5, 0.6) is 0 Å². The molecule has 0 aliphatic heterocycles. The number of hydrogen-bond acceptors (Lipinski definition) is 2. The molecule has 0 spiro atoms. The molecular weight excluding hydrogens is 280 g/mol. The molecular formula is C14H13ClN2OS. The normalized spacial score (nSPS) is 11.9. The molecule has 2 aromatic rings. The van der Waals surface area contributed by atoms with E-state index in [9.17, 15) is 4.79 Å². The van der Waals surface area contributed by atoms with Crippen molar-refractivity contribution in [2.45, 2.75) is 13.0 Å². The molecule has 1 aromatic carbocycles. The molecule has 2 rings (SSSR count). The molecule has 1 aromatic heterocycles. The van der Waals surface area contributed by atoms with E-state index < -0.39 is 0 Å². The van der Waals surface area contributed by atoms with Crippen LogP contribution in [0.25, 0.3) is 0 Å².